The summed E-state index contributed by atoms with van der Waals surface area (Å²) in [7, 11) is 0. The van der Waals surface area contributed by atoms with Crippen molar-refractivity contribution in [2.75, 3.05) is 6.61 Å². The zero-order valence-corrected chi connectivity index (χ0v) is 15.6. The summed E-state index contributed by atoms with van der Waals surface area (Å²) in [5, 5.41) is 9.61. The number of unbranched alkanes of at least 4 members (excludes halogenated alkanes) is 1. The molecule has 0 spiro atoms. The molecule has 1 aromatic heterocycles. The second-order valence-corrected chi connectivity index (χ2v) is 6.74. The second-order valence-electron chi connectivity index (χ2n) is 5.89. The monoisotopic (exact) mass is 377 g/mol. The number of imidazole rings is 1. The normalized spacial score (nSPS) is 11.2. The van der Waals surface area contributed by atoms with Gasteiger partial charge in [0.2, 0.25) is 5.62 Å². The number of fused-ring (bicyclic) bond motifs is 1. The van der Waals surface area contributed by atoms with Crippen molar-refractivity contribution < 1.29 is 4.74 Å². The second kappa shape index (κ2) is 7.98. The molecule has 0 bridgehead atoms. The van der Waals surface area contributed by atoms with Crippen LogP contribution < -0.4 is 10.4 Å². The molecule has 0 aliphatic carbocycles. The van der Waals surface area contributed by atoms with Gasteiger partial charge in [-0.1, -0.05) is 48.7 Å². The lowest BCUT2D eigenvalue weighted by molar-refractivity contribution is 0.296. The third kappa shape index (κ3) is 3.86. The van der Waals surface area contributed by atoms with Crippen molar-refractivity contribution in [3.8, 4) is 5.75 Å². The highest BCUT2D eigenvalue weighted by Crippen LogP contribution is 2.27. The van der Waals surface area contributed by atoms with Crippen molar-refractivity contribution in [2.45, 2.75) is 32.9 Å². The molecule has 0 aliphatic heterocycles. The van der Waals surface area contributed by atoms with E-state index in [0.717, 1.165) is 30.4 Å². The largest absolute Gasteiger partial charge is 0.490 e. The van der Waals surface area contributed by atoms with Crippen LogP contribution in [0.5, 0.6) is 5.75 Å². The van der Waals surface area contributed by atoms with Crippen LogP contribution in [-0.4, -0.2) is 15.7 Å². The molecule has 0 saturated carbocycles. The van der Waals surface area contributed by atoms with E-state index in [1.54, 1.807) is 18.2 Å². The van der Waals surface area contributed by atoms with Gasteiger partial charge in [0.1, 0.15) is 12.4 Å². The molecule has 0 saturated heterocycles. The van der Waals surface area contributed by atoms with Crippen LogP contribution in [0.4, 0.5) is 0 Å². The summed E-state index contributed by atoms with van der Waals surface area (Å²) < 4.78 is 9.83. The van der Waals surface area contributed by atoms with E-state index >= 15 is 0 Å². The van der Waals surface area contributed by atoms with Gasteiger partial charge in [-0.15, -0.1) is 0 Å². The van der Waals surface area contributed by atoms with E-state index in [-0.39, 0.29) is 0 Å². The Morgan fingerprint density at radius 2 is 1.68 bits per heavy atom. The fourth-order valence-electron chi connectivity index (χ4n) is 2.90. The van der Waals surface area contributed by atoms with E-state index < -0.39 is 0 Å². The van der Waals surface area contributed by atoms with E-state index in [4.69, 9.17) is 33.3 Å². The van der Waals surface area contributed by atoms with Crippen molar-refractivity contribution in [3.63, 3.8) is 0 Å². The van der Waals surface area contributed by atoms with Crippen LogP contribution >= 0.6 is 23.2 Å². The molecule has 3 rings (SSSR count). The summed E-state index contributed by atoms with van der Waals surface area (Å²) in [6, 6.07) is 13.3. The maximum Gasteiger partial charge on any atom is 0.203 e. The number of rotatable bonds is 7. The highest BCUT2D eigenvalue weighted by Gasteiger charge is 2.10. The third-order valence-corrected chi connectivity index (χ3v) is 4.71. The first kappa shape index (κ1) is 17.9. The average molecular weight is 378 g/mol. The maximum absolute atomic E-state index is 8.53. The van der Waals surface area contributed by atoms with Crippen LogP contribution in [0, 0.1) is 5.41 Å². The SMILES string of the molecule is CCCCn1c(=N)n(CCOc2ccc(Cl)cc2Cl)c2ccccc21. The number of ether oxygens (including phenoxy) is 1. The molecule has 3 aromatic rings. The first-order chi connectivity index (χ1) is 12.1. The van der Waals surface area contributed by atoms with Crippen LogP contribution in [0.3, 0.4) is 0 Å². The summed E-state index contributed by atoms with van der Waals surface area (Å²) in [6.45, 7) is 4.02. The summed E-state index contributed by atoms with van der Waals surface area (Å²) in [5.74, 6) is 0.605. The van der Waals surface area contributed by atoms with Gasteiger partial charge in [-0.25, -0.2) is 0 Å². The zero-order valence-electron chi connectivity index (χ0n) is 14.1. The summed E-state index contributed by atoms with van der Waals surface area (Å²) >= 11 is 12.0. The minimum Gasteiger partial charge on any atom is -0.490 e. The number of benzene rings is 2. The molecule has 0 unspecified atom stereocenters. The van der Waals surface area contributed by atoms with Crippen molar-refractivity contribution in [2.24, 2.45) is 0 Å². The van der Waals surface area contributed by atoms with E-state index in [2.05, 4.69) is 17.6 Å². The smallest absolute Gasteiger partial charge is 0.203 e. The number of hydrogen-bond acceptors (Lipinski definition) is 2. The Kier molecular flexibility index (Phi) is 5.71. The lowest BCUT2D eigenvalue weighted by Gasteiger charge is -2.09. The van der Waals surface area contributed by atoms with Gasteiger partial charge in [-0.05, 0) is 36.8 Å². The predicted molar refractivity (Wildman–Crippen MR) is 103 cm³/mol. The highest BCUT2D eigenvalue weighted by molar-refractivity contribution is 6.35. The Bertz CT molecular complexity index is 930. The minimum absolute atomic E-state index is 0.430. The van der Waals surface area contributed by atoms with Crippen molar-refractivity contribution in [3.05, 3.63) is 58.1 Å². The van der Waals surface area contributed by atoms with Gasteiger partial charge in [-0.3, -0.25) is 5.41 Å². The molecule has 0 aliphatic rings. The molecular formula is C19H21Cl2N3O. The zero-order chi connectivity index (χ0) is 17.8. The highest BCUT2D eigenvalue weighted by atomic mass is 35.5. The first-order valence-electron chi connectivity index (χ1n) is 8.42. The van der Waals surface area contributed by atoms with Crippen molar-refractivity contribution in [1.82, 2.24) is 9.13 Å². The van der Waals surface area contributed by atoms with Gasteiger partial charge >= 0.3 is 0 Å². The van der Waals surface area contributed by atoms with Gasteiger partial charge in [0, 0.05) is 11.6 Å². The molecular weight excluding hydrogens is 357 g/mol. The quantitative estimate of drug-likeness (QED) is 0.610. The topological polar surface area (TPSA) is 42.9 Å². The predicted octanol–water partition coefficient (Wildman–Crippen LogP) is 5.11. The van der Waals surface area contributed by atoms with Crippen molar-refractivity contribution >= 4 is 34.2 Å². The fraction of sp³-hybridized carbons (Fsp3) is 0.316. The lowest BCUT2D eigenvalue weighted by Crippen LogP contribution is -2.26. The van der Waals surface area contributed by atoms with Crippen LogP contribution in [-0.2, 0) is 13.1 Å². The minimum atomic E-state index is 0.430. The molecule has 1 N–H and O–H groups in total. The molecule has 0 amide bonds. The van der Waals surface area contributed by atoms with Gasteiger partial charge in [-0.2, -0.15) is 0 Å². The Morgan fingerprint density at radius 1 is 1.00 bits per heavy atom. The number of aromatic nitrogens is 2. The third-order valence-electron chi connectivity index (χ3n) is 4.18. The molecule has 0 fully saturated rings. The molecule has 4 nitrogen and oxygen atoms in total. The maximum atomic E-state index is 8.53. The molecule has 132 valence electrons. The standard InChI is InChI=1S/C19H21Cl2N3O/c1-2-3-10-23-16-6-4-5-7-17(16)24(19(23)22)11-12-25-18-9-8-14(20)13-15(18)21/h4-9,13,22H,2-3,10-12H2,1H3. The molecule has 2 aromatic carbocycles. The van der Waals surface area contributed by atoms with Gasteiger partial charge < -0.3 is 13.9 Å². The van der Waals surface area contributed by atoms with E-state index in [1.807, 2.05) is 22.8 Å². The molecule has 25 heavy (non-hydrogen) atoms. The van der Waals surface area contributed by atoms with Gasteiger partial charge in [0.15, 0.2) is 0 Å². The van der Waals surface area contributed by atoms with Crippen LogP contribution in [0.1, 0.15) is 19.8 Å². The summed E-state index contributed by atoms with van der Waals surface area (Å²) in [6.07, 6.45) is 2.16. The van der Waals surface area contributed by atoms with Gasteiger partial charge in [0.05, 0.1) is 22.6 Å². The Labute approximate surface area is 157 Å². The number of nitrogens with zero attached hydrogens (tertiary/aromatic N) is 2. The van der Waals surface area contributed by atoms with Crippen LogP contribution in [0.25, 0.3) is 11.0 Å². The number of hydrogen-bond donors (Lipinski definition) is 1. The van der Waals surface area contributed by atoms with Gasteiger partial charge in [0.25, 0.3) is 0 Å². The lowest BCUT2D eigenvalue weighted by atomic mass is 10.3. The van der Waals surface area contributed by atoms with Crippen LogP contribution in [0.2, 0.25) is 10.0 Å². The molecule has 1 heterocycles. The van der Waals surface area contributed by atoms with E-state index in [9.17, 15) is 0 Å². The van der Waals surface area contributed by atoms with E-state index in [1.165, 1.54) is 0 Å². The molecule has 6 heteroatoms. The van der Waals surface area contributed by atoms with Crippen molar-refractivity contribution in [1.29, 1.82) is 5.41 Å². The fourth-order valence-corrected chi connectivity index (χ4v) is 3.37. The summed E-state index contributed by atoms with van der Waals surface area (Å²) in [5.41, 5.74) is 2.64. The number of para-hydroxylation sites is 2. The Hall–Kier alpha value is -1.91. The number of nitrogens with one attached hydrogen (secondary N) is 1. The number of aryl methyl sites for hydroxylation is 1. The first-order valence-corrected chi connectivity index (χ1v) is 9.18. The summed E-state index contributed by atoms with van der Waals surface area (Å²) in [4.78, 5) is 0. The van der Waals surface area contributed by atoms with E-state index in [0.29, 0.717) is 34.6 Å². The Balaban J connectivity index is 1.81. The number of halogens is 2. The molecule has 0 radical (unpaired) electrons. The molecule has 0 atom stereocenters. The Morgan fingerprint density at radius 3 is 2.32 bits per heavy atom. The van der Waals surface area contributed by atoms with Crippen LogP contribution in [0.15, 0.2) is 42.5 Å². The average Bonchev–Trinajstić information content (AvgIpc) is 2.87.